The van der Waals surface area contributed by atoms with Gasteiger partial charge in [-0.05, 0) is 6.42 Å². The molecule has 0 aromatic rings. The Morgan fingerprint density at radius 1 is 0.706 bits per heavy atom. The van der Waals surface area contributed by atoms with E-state index in [1.165, 1.54) is 0 Å². The first-order valence-corrected chi connectivity index (χ1v) is 4.11. The Bertz CT molecular complexity index is 219. The van der Waals surface area contributed by atoms with E-state index in [1.807, 2.05) is 0 Å². The van der Waals surface area contributed by atoms with E-state index in [0.29, 0.717) is 0 Å². The molecule has 0 rings (SSSR count). The molecule has 0 aliphatic rings. The molecule has 0 bridgehead atoms. The second-order valence-corrected chi connectivity index (χ2v) is 2.55. The molecule has 17 heavy (non-hydrogen) atoms. The molecule has 0 aromatic heterocycles. The molecule has 92 valence electrons. The van der Waals surface area contributed by atoms with Gasteiger partial charge in [-0.25, -0.2) is 0 Å². The number of rotatable bonds is 6. The van der Waals surface area contributed by atoms with E-state index >= 15 is 0 Å². The molecule has 3 N–H and O–H groups in total. The Labute approximate surface area is 139 Å². The van der Waals surface area contributed by atoms with Gasteiger partial charge in [-0.2, -0.15) is 0 Å². The fourth-order valence-electron chi connectivity index (χ4n) is 0.423. The Balaban J connectivity index is -0.000000218. The van der Waals surface area contributed by atoms with Crippen molar-refractivity contribution in [2.45, 2.75) is 25.7 Å². The summed E-state index contributed by atoms with van der Waals surface area (Å²) in [6.45, 7) is 0. The summed E-state index contributed by atoms with van der Waals surface area (Å²) in [6.07, 6.45) is -1.36. The molecule has 0 saturated carbocycles. The maximum Gasteiger partial charge on any atom is 1.00 e. The smallest absolute Gasteiger partial charge is 0.550 e. The molecule has 0 fully saturated rings. The van der Waals surface area contributed by atoms with Crippen molar-refractivity contribution in [2.24, 2.45) is 0 Å². The molecule has 0 atom stereocenters. The molecule has 0 saturated heterocycles. The van der Waals surface area contributed by atoms with Crippen molar-refractivity contribution in [1.29, 1.82) is 0 Å². The van der Waals surface area contributed by atoms with Gasteiger partial charge >= 0.3 is 69.3 Å². The van der Waals surface area contributed by atoms with E-state index in [1.54, 1.807) is 0 Å². The van der Waals surface area contributed by atoms with E-state index in [4.69, 9.17) is 15.3 Å². The number of carbonyl (C=O) groups is 4. The van der Waals surface area contributed by atoms with Crippen LogP contribution in [0, 0.1) is 0 Å². The summed E-state index contributed by atoms with van der Waals surface area (Å²) in [5, 5.41) is 33.2. The Hall–Kier alpha value is -0.484. The minimum Gasteiger partial charge on any atom is -0.550 e. The second-order valence-electron chi connectivity index (χ2n) is 2.55. The van der Waals surface area contributed by atoms with Gasteiger partial charge in [0, 0.05) is 5.97 Å². The number of carboxylic acid groups (broad SMARTS) is 4. The Kier molecular flexibility index (Phi) is 17.4. The van der Waals surface area contributed by atoms with Crippen LogP contribution in [0.4, 0.5) is 0 Å². The zero-order valence-electron chi connectivity index (χ0n) is 9.21. The summed E-state index contributed by atoms with van der Waals surface area (Å²) in [6, 6.07) is 0. The molecule has 0 spiro atoms. The van der Waals surface area contributed by atoms with Crippen LogP contribution in [0.5, 0.6) is 0 Å². The number of carboxylic acids is 4. The number of hydrogen-bond acceptors (Lipinski definition) is 5. The van der Waals surface area contributed by atoms with E-state index in [-0.39, 0.29) is 70.6 Å². The molecule has 0 unspecified atom stereocenters. The van der Waals surface area contributed by atoms with Crippen molar-refractivity contribution < 1.29 is 91.0 Å². The molecule has 0 aliphatic carbocycles. The van der Waals surface area contributed by atoms with Gasteiger partial charge in [0.15, 0.2) is 0 Å². The van der Waals surface area contributed by atoms with Gasteiger partial charge in [0.2, 0.25) is 0 Å². The topological polar surface area (TPSA) is 152 Å². The summed E-state index contributed by atoms with van der Waals surface area (Å²) in [5.41, 5.74) is 0. The summed E-state index contributed by atoms with van der Waals surface area (Å²) >= 11 is 0. The van der Waals surface area contributed by atoms with Crippen LogP contribution >= 0.6 is 0 Å². The van der Waals surface area contributed by atoms with Gasteiger partial charge in [0.05, 0.1) is 19.3 Å². The fraction of sp³-hybridized carbons (Fsp3) is 0.500. The predicted octanol–water partition coefficient (Wildman–Crippen LogP) is -4.46. The van der Waals surface area contributed by atoms with Crippen LogP contribution in [0.1, 0.15) is 25.7 Å². The third-order valence-corrected chi connectivity index (χ3v) is 1.10. The van der Waals surface area contributed by atoms with Crippen LogP contribution in [-0.2, 0) is 19.2 Å². The third-order valence-electron chi connectivity index (χ3n) is 1.10. The normalized spacial score (nSPS) is 8.00. The third kappa shape index (κ3) is 31.3. The van der Waals surface area contributed by atoms with Crippen molar-refractivity contribution in [3.63, 3.8) is 0 Å². The van der Waals surface area contributed by atoms with Crippen molar-refractivity contribution in [3.8, 4) is 0 Å². The first-order chi connectivity index (χ1) is 7.25. The largest absolute Gasteiger partial charge is 1.00 e. The first kappa shape index (κ1) is 21.8. The molecule has 0 heterocycles. The molecule has 0 radical (unpaired) electrons. The SMILES string of the molecule is O=C(O)CCC(=O)O.O=C([O-])CCC(=O)O.[K+]. The monoisotopic (exact) mass is 274 g/mol. The average molecular weight is 274 g/mol. The van der Waals surface area contributed by atoms with Gasteiger partial charge in [-0.3, -0.25) is 14.4 Å². The fourth-order valence-corrected chi connectivity index (χ4v) is 0.423. The maximum atomic E-state index is 9.64. The number of hydrogen-bond donors (Lipinski definition) is 3. The minimum absolute atomic E-state index is 0. The van der Waals surface area contributed by atoms with Gasteiger partial charge in [-0.15, -0.1) is 0 Å². The standard InChI is InChI=1S/2C4H6O4.K/c2*5-3(6)1-2-4(7)8;/h2*1-2H2,(H,5,6)(H,7,8);/q;;+1/p-1. The summed E-state index contributed by atoms with van der Waals surface area (Å²) in [7, 11) is 0. The van der Waals surface area contributed by atoms with Gasteiger partial charge in [0.1, 0.15) is 0 Å². The molecule has 0 aromatic carbocycles. The van der Waals surface area contributed by atoms with Crippen molar-refractivity contribution >= 4 is 23.9 Å². The zero-order valence-corrected chi connectivity index (χ0v) is 12.3. The average Bonchev–Trinajstić information content (AvgIpc) is 2.12. The van der Waals surface area contributed by atoms with Gasteiger partial charge < -0.3 is 25.2 Å². The Morgan fingerprint density at radius 3 is 1.06 bits per heavy atom. The van der Waals surface area contributed by atoms with Gasteiger partial charge in [0.25, 0.3) is 0 Å². The minimum atomic E-state index is -1.33. The van der Waals surface area contributed by atoms with Crippen LogP contribution in [-0.4, -0.2) is 39.2 Å². The zero-order chi connectivity index (χ0) is 13.1. The van der Waals surface area contributed by atoms with E-state index < -0.39 is 30.3 Å². The number of carbonyl (C=O) groups excluding carboxylic acids is 1. The van der Waals surface area contributed by atoms with Crippen molar-refractivity contribution in [1.82, 2.24) is 0 Å². The molecular weight excluding hydrogens is 263 g/mol. The van der Waals surface area contributed by atoms with Crippen LogP contribution in [0.15, 0.2) is 0 Å². The maximum absolute atomic E-state index is 9.64. The summed E-state index contributed by atoms with van der Waals surface area (Å²) < 4.78 is 0. The van der Waals surface area contributed by atoms with Crippen LogP contribution in [0.2, 0.25) is 0 Å². The van der Waals surface area contributed by atoms with Gasteiger partial charge in [-0.1, -0.05) is 0 Å². The van der Waals surface area contributed by atoms with E-state index in [9.17, 15) is 24.3 Å². The van der Waals surface area contributed by atoms with E-state index in [0.717, 1.165) is 0 Å². The quantitative estimate of drug-likeness (QED) is 0.410. The molecular formula is C8H11KO8. The van der Waals surface area contributed by atoms with Crippen molar-refractivity contribution in [3.05, 3.63) is 0 Å². The van der Waals surface area contributed by atoms with Crippen LogP contribution in [0.25, 0.3) is 0 Å². The molecule has 0 amide bonds. The summed E-state index contributed by atoms with van der Waals surface area (Å²) in [4.78, 5) is 38.4. The van der Waals surface area contributed by atoms with Crippen molar-refractivity contribution in [2.75, 3.05) is 0 Å². The summed E-state index contributed by atoms with van der Waals surface area (Å²) in [5.74, 6) is -4.60. The molecule has 8 nitrogen and oxygen atoms in total. The predicted molar refractivity (Wildman–Crippen MR) is 46.4 cm³/mol. The Morgan fingerprint density at radius 2 is 0.941 bits per heavy atom. The second kappa shape index (κ2) is 13.6. The van der Waals surface area contributed by atoms with E-state index in [2.05, 4.69) is 0 Å². The first-order valence-electron chi connectivity index (χ1n) is 4.11. The molecule has 9 heteroatoms. The number of aliphatic carboxylic acids is 4. The molecule has 0 aliphatic heterocycles. The van der Waals surface area contributed by atoms with Crippen LogP contribution < -0.4 is 56.5 Å². The van der Waals surface area contributed by atoms with Crippen LogP contribution in [0.3, 0.4) is 0 Å².